The van der Waals surface area contributed by atoms with Gasteiger partial charge in [-0.15, -0.1) is 16.9 Å². The molecule has 1 atom stereocenters. The van der Waals surface area contributed by atoms with Crippen LogP contribution in [0, 0.1) is 0 Å². The number of hydrogen-bond donors (Lipinski definition) is 1. The van der Waals surface area contributed by atoms with Crippen LogP contribution in [0.5, 0.6) is 0 Å². The molecule has 0 fully saturated rings. The molecule has 0 aliphatic heterocycles. The molecule has 1 aromatic heterocycles. The van der Waals surface area contributed by atoms with Crippen LogP contribution in [0.25, 0.3) is 0 Å². The van der Waals surface area contributed by atoms with E-state index >= 15 is 0 Å². The molecular weight excluding hydrogens is 392 g/mol. The topological polar surface area (TPSA) is 42.7 Å². The van der Waals surface area contributed by atoms with Crippen molar-refractivity contribution < 1.29 is 0 Å². The highest BCUT2D eigenvalue weighted by molar-refractivity contribution is 9.10. The van der Waals surface area contributed by atoms with Crippen LogP contribution >= 0.6 is 43.6 Å². The standard InChI is InChI=1S/C12H14Br2N4S/c1-15-10(11-12(14)16-17-18(11)2)7-19-9-5-3-8(13)4-6-9/h3-6,10,15H,7H2,1-2H3. The molecule has 4 nitrogen and oxygen atoms in total. The summed E-state index contributed by atoms with van der Waals surface area (Å²) < 4.78 is 3.69. The summed E-state index contributed by atoms with van der Waals surface area (Å²) in [6.45, 7) is 0. The summed E-state index contributed by atoms with van der Waals surface area (Å²) in [5, 5.41) is 11.3. The predicted molar refractivity (Wildman–Crippen MR) is 85.4 cm³/mol. The molecule has 0 amide bonds. The van der Waals surface area contributed by atoms with Crippen molar-refractivity contribution in [3.63, 3.8) is 0 Å². The Morgan fingerprint density at radius 3 is 2.53 bits per heavy atom. The highest BCUT2D eigenvalue weighted by Crippen LogP contribution is 2.28. The Morgan fingerprint density at radius 1 is 1.32 bits per heavy atom. The summed E-state index contributed by atoms with van der Waals surface area (Å²) in [5.41, 5.74) is 1.06. The Morgan fingerprint density at radius 2 is 2.00 bits per heavy atom. The lowest BCUT2D eigenvalue weighted by Crippen LogP contribution is -2.22. The molecule has 0 radical (unpaired) electrons. The maximum Gasteiger partial charge on any atom is 0.153 e. The van der Waals surface area contributed by atoms with Crippen LogP contribution < -0.4 is 5.32 Å². The molecule has 0 aliphatic rings. The van der Waals surface area contributed by atoms with Crippen molar-refractivity contribution in [2.45, 2.75) is 10.9 Å². The van der Waals surface area contributed by atoms with E-state index in [4.69, 9.17) is 0 Å². The number of halogens is 2. The Hall–Kier alpha value is -0.370. The van der Waals surface area contributed by atoms with Crippen LogP contribution in [0.1, 0.15) is 11.7 Å². The molecule has 1 N–H and O–H groups in total. The number of aryl methyl sites for hydroxylation is 1. The molecule has 0 aliphatic carbocycles. The number of thioether (sulfide) groups is 1. The fourth-order valence-electron chi connectivity index (χ4n) is 1.72. The van der Waals surface area contributed by atoms with Crippen molar-refractivity contribution in [2.75, 3.05) is 12.8 Å². The number of aromatic nitrogens is 3. The highest BCUT2D eigenvalue weighted by atomic mass is 79.9. The normalized spacial score (nSPS) is 12.6. The Bertz CT molecular complexity index is 522. The second-order valence-corrected chi connectivity index (χ2v) is 6.76. The maximum atomic E-state index is 4.03. The van der Waals surface area contributed by atoms with Crippen LogP contribution in [-0.4, -0.2) is 27.8 Å². The molecule has 1 aromatic carbocycles. The molecule has 102 valence electrons. The van der Waals surface area contributed by atoms with E-state index in [1.807, 2.05) is 14.1 Å². The van der Waals surface area contributed by atoms with Gasteiger partial charge < -0.3 is 5.32 Å². The fourth-order valence-corrected chi connectivity index (χ4v) is 3.60. The molecule has 1 unspecified atom stereocenters. The third-order valence-corrected chi connectivity index (χ3v) is 4.93. The van der Waals surface area contributed by atoms with E-state index in [1.54, 1.807) is 16.4 Å². The molecule has 1 heterocycles. The van der Waals surface area contributed by atoms with E-state index in [2.05, 4.69) is 71.8 Å². The van der Waals surface area contributed by atoms with Gasteiger partial charge in [0, 0.05) is 22.2 Å². The Kier molecular flexibility index (Phi) is 5.44. The van der Waals surface area contributed by atoms with E-state index in [0.29, 0.717) is 0 Å². The second kappa shape index (κ2) is 6.88. The van der Waals surface area contributed by atoms with Gasteiger partial charge in [0.2, 0.25) is 0 Å². The maximum absolute atomic E-state index is 4.03. The molecule has 2 rings (SSSR count). The molecule has 19 heavy (non-hydrogen) atoms. The summed E-state index contributed by atoms with van der Waals surface area (Å²) in [5.74, 6) is 0.915. The lowest BCUT2D eigenvalue weighted by molar-refractivity contribution is 0.578. The van der Waals surface area contributed by atoms with Gasteiger partial charge in [0.25, 0.3) is 0 Å². The van der Waals surface area contributed by atoms with Crippen LogP contribution in [-0.2, 0) is 7.05 Å². The van der Waals surface area contributed by atoms with E-state index in [1.165, 1.54) is 4.90 Å². The summed E-state index contributed by atoms with van der Waals surface area (Å²) in [4.78, 5) is 1.25. The van der Waals surface area contributed by atoms with Gasteiger partial charge in [0.1, 0.15) is 0 Å². The number of hydrogen-bond acceptors (Lipinski definition) is 4. The van der Waals surface area contributed by atoms with Crippen LogP contribution in [0.3, 0.4) is 0 Å². The van der Waals surface area contributed by atoms with Gasteiger partial charge in [-0.05, 0) is 47.2 Å². The third kappa shape index (κ3) is 3.81. The summed E-state index contributed by atoms with van der Waals surface area (Å²) in [6.07, 6.45) is 0. The first-order chi connectivity index (χ1) is 9.11. The Labute approximate surface area is 133 Å². The minimum atomic E-state index is 0.197. The lowest BCUT2D eigenvalue weighted by atomic mass is 10.2. The highest BCUT2D eigenvalue weighted by Gasteiger charge is 2.18. The molecule has 0 saturated heterocycles. The average molecular weight is 406 g/mol. The van der Waals surface area contributed by atoms with Crippen molar-refractivity contribution >= 4 is 43.6 Å². The fraction of sp³-hybridized carbons (Fsp3) is 0.333. The van der Waals surface area contributed by atoms with Gasteiger partial charge in [-0.25, -0.2) is 4.68 Å². The first kappa shape index (κ1) is 15.0. The molecule has 2 aromatic rings. The first-order valence-corrected chi connectivity index (χ1v) is 8.29. The molecular formula is C12H14Br2N4S. The van der Waals surface area contributed by atoms with Gasteiger partial charge in [-0.2, -0.15) is 0 Å². The zero-order chi connectivity index (χ0) is 13.8. The zero-order valence-electron chi connectivity index (χ0n) is 10.6. The van der Waals surface area contributed by atoms with Crippen LogP contribution in [0.15, 0.2) is 38.2 Å². The number of nitrogens with one attached hydrogen (secondary N) is 1. The van der Waals surface area contributed by atoms with Crippen molar-refractivity contribution in [2.24, 2.45) is 7.05 Å². The average Bonchev–Trinajstić information content (AvgIpc) is 2.73. The first-order valence-electron chi connectivity index (χ1n) is 5.72. The number of benzene rings is 1. The summed E-state index contributed by atoms with van der Waals surface area (Å²) >= 11 is 8.69. The Balaban J connectivity index is 2.06. The second-order valence-electron chi connectivity index (χ2n) is 4.00. The third-order valence-electron chi connectivity index (χ3n) is 2.74. The van der Waals surface area contributed by atoms with Gasteiger partial charge >= 0.3 is 0 Å². The molecule has 7 heteroatoms. The van der Waals surface area contributed by atoms with E-state index < -0.39 is 0 Å². The predicted octanol–water partition coefficient (Wildman–Crippen LogP) is 3.39. The number of rotatable bonds is 5. The van der Waals surface area contributed by atoms with Crippen molar-refractivity contribution in [1.29, 1.82) is 0 Å². The smallest absolute Gasteiger partial charge is 0.153 e. The minimum absolute atomic E-state index is 0.197. The van der Waals surface area contributed by atoms with Gasteiger partial charge in [0.05, 0.1) is 11.7 Å². The van der Waals surface area contributed by atoms with Gasteiger partial charge in [0.15, 0.2) is 4.60 Å². The van der Waals surface area contributed by atoms with Crippen LogP contribution in [0.4, 0.5) is 0 Å². The van der Waals surface area contributed by atoms with E-state index in [0.717, 1.165) is 20.5 Å². The molecule has 0 bridgehead atoms. The van der Waals surface area contributed by atoms with E-state index in [9.17, 15) is 0 Å². The van der Waals surface area contributed by atoms with Crippen LogP contribution in [0.2, 0.25) is 0 Å². The van der Waals surface area contributed by atoms with Gasteiger partial charge in [-0.3, -0.25) is 0 Å². The zero-order valence-corrected chi connectivity index (χ0v) is 14.6. The minimum Gasteiger partial charge on any atom is -0.311 e. The van der Waals surface area contributed by atoms with E-state index in [-0.39, 0.29) is 6.04 Å². The summed E-state index contributed by atoms with van der Waals surface area (Å²) in [7, 11) is 3.86. The van der Waals surface area contributed by atoms with Gasteiger partial charge in [-0.1, -0.05) is 21.1 Å². The van der Waals surface area contributed by atoms with Crippen molar-refractivity contribution in [1.82, 2.24) is 20.3 Å². The molecule has 0 saturated carbocycles. The SMILES string of the molecule is CNC(CSc1ccc(Br)cc1)c1c(Br)nnn1C. The largest absolute Gasteiger partial charge is 0.311 e. The molecule has 0 spiro atoms. The van der Waals surface area contributed by atoms with Crippen molar-refractivity contribution in [3.8, 4) is 0 Å². The number of nitrogens with zero attached hydrogens (tertiary/aromatic N) is 3. The van der Waals surface area contributed by atoms with Crippen molar-refractivity contribution in [3.05, 3.63) is 39.0 Å². The monoisotopic (exact) mass is 404 g/mol. The quantitative estimate of drug-likeness (QED) is 0.774. The summed E-state index contributed by atoms with van der Waals surface area (Å²) in [6, 6.07) is 8.52. The lowest BCUT2D eigenvalue weighted by Gasteiger charge is -2.16.